The third kappa shape index (κ3) is 3.18. The van der Waals surface area contributed by atoms with Gasteiger partial charge in [0.1, 0.15) is 0 Å². The van der Waals surface area contributed by atoms with Crippen molar-refractivity contribution in [3.05, 3.63) is 24.3 Å². The summed E-state index contributed by atoms with van der Waals surface area (Å²) in [5.74, 6) is -0.866. The molecule has 0 bridgehead atoms. The van der Waals surface area contributed by atoms with Crippen LogP contribution in [0.25, 0.3) is 0 Å². The van der Waals surface area contributed by atoms with Gasteiger partial charge in [-0.1, -0.05) is 22.6 Å². The van der Waals surface area contributed by atoms with Crippen LogP contribution in [0.4, 0.5) is 0 Å². The van der Waals surface area contributed by atoms with Crippen molar-refractivity contribution < 1.29 is 14.3 Å². The van der Waals surface area contributed by atoms with Crippen LogP contribution in [-0.4, -0.2) is 29.7 Å². The SMILES string of the molecule is COC1(OCCCI)C=CC(=O)C=C1. The first-order valence-corrected chi connectivity index (χ1v) is 5.92. The lowest BCUT2D eigenvalue weighted by Crippen LogP contribution is -2.32. The van der Waals surface area contributed by atoms with Gasteiger partial charge in [-0.05, 0) is 30.7 Å². The second-order valence-electron chi connectivity index (χ2n) is 2.89. The molecule has 0 aliphatic heterocycles. The van der Waals surface area contributed by atoms with Crippen molar-refractivity contribution in [1.29, 1.82) is 0 Å². The van der Waals surface area contributed by atoms with Crippen LogP contribution in [0.2, 0.25) is 0 Å². The number of carbonyl (C=O) groups is 1. The molecule has 3 nitrogen and oxygen atoms in total. The predicted octanol–water partition coefficient (Wildman–Crippen LogP) is 1.87. The number of methoxy groups -OCH3 is 1. The lowest BCUT2D eigenvalue weighted by molar-refractivity contribution is -0.154. The van der Waals surface area contributed by atoms with Gasteiger partial charge in [0.2, 0.25) is 5.79 Å². The number of ether oxygens (including phenoxy) is 2. The van der Waals surface area contributed by atoms with Crippen molar-refractivity contribution in [3.8, 4) is 0 Å². The topological polar surface area (TPSA) is 35.5 Å². The van der Waals surface area contributed by atoms with Gasteiger partial charge in [0.25, 0.3) is 0 Å². The number of rotatable bonds is 5. The molecule has 0 aromatic rings. The quantitative estimate of drug-likeness (QED) is 0.337. The number of hydrogen-bond acceptors (Lipinski definition) is 3. The zero-order chi connectivity index (χ0) is 10.4. The highest BCUT2D eigenvalue weighted by Crippen LogP contribution is 2.20. The Morgan fingerprint density at radius 2 is 2.07 bits per heavy atom. The monoisotopic (exact) mass is 308 g/mol. The Hall–Kier alpha value is -0.200. The van der Waals surface area contributed by atoms with Gasteiger partial charge in [0, 0.05) is 11.5 Å². The fourth-order valence-electron chi connectivity index (χ4n) is 1.09. The number of alkyl halides is 1. The summed E-state index contributed by atoms with van der Waals surface area (Å²) in [6, 6.07) is 0. The van der Waals surface area contributed by atoms with Crippen LogP contribution in [0.1, 0.15) is 6.42 Å². The van der Waals surface area contributed by atoms with Gasteiger partial charge in [-0.25, -0.2) is 0 Å². The summed E-state index contributed by atoms with van der Waals surface area (Å²) in [4.78, 5) is 10.9. The Kier molecular flexibility index (Phi) is 4.77. The molecular weight excluding hydrogens is 295 g/mol. The van der Waals surface area contributed by atoms with E-state index in [2.05, 4.69) is 22.6 Å². The largest absolute Gasteiger partial charge is 0.346 e. The molecule has 0 atom stereocenters. The lowest BCUT2D eigenvalue weighted by atomic mass is 10.1. The first-order chi connectivity index (χ1) is 6.72. The molecule has 0 spiro atoms. The van der Waals surface area contributed by atoms with E-state index in [0.29, 0.717) is 6.61 Å². The fraction of sp³-hybridized carbons (Fsp3) is 0.500. The van der Waals surface area contributed by atoms with E-state index in [0.717, 1.165) is 10.8 Å². The highest BCUT2D eigenvalue weighted by Gasteiger charge is 2.26. The zero-order valence-electron chi connectivity index (χ0n) is 8.03. The Bertz CT molecular complexity index is 242. The molecule has 0 amide bonds. The number of allylic oxidation sites excluding steroid dienone is 2. The van der Waals surface area contributed by atoms with Crippen LogP contribution in [0.5, 0.6) is 0 Å². The minimum absolute atomic E-state index is 0.0323. The summed E-state index contributed by atoms with van der Waals surface area (Å²) in [6.07, 6.45) is 7.19. The highest BCUT2D eigenvalue weighted by molar-refractivity contribution is 14.1. The molecule has 0 saturated heterocycles. The Balaban J connectivity index is 2.55. The van der Waals surface area contributed by atoms with Crippen LogP contribution in [0.3, 0.4) is 0 Å². The minimum atomic E-state index is -0.834. The molecule has 0 saturated carbocycles. The highest BCUT2D eigenvalue weighted by atomic mass is 127. The Morgan fingerprint density at radius 3 is 2.57 bits per heavy atom. The lowest BCUT2D eigenvalue weighted by Gasteiger charge is -2.27. The molecule has 1 rings (SSSR count). The Labute approximate surface area is 97.3 Å². The van der Waals surface area contributed by atoms with Crippen LogP contribution < -0.4 is 0 Å². The summed E-state index contributed by atoms with van der Waals surface area (Å²) >= 11 is 2.29. The van der Waals surface area contributed by atoms with E-state index < -0.39 is 5.79 Å². The van der Waals surface area contributed by atoms with Gasteiger partial charge in [-0.15, -0.1) is 0 Å². The van der Waals surface area contributed by atoms with Crippen molar-refractivity contribution in [2.45, 2.75) is 12.2 Å². The molecule has 0 fully saturated rings. The van der Waals surface area contributed by atoms with E-state index in [1.807, 2.05) is 0 Å². The van der Waals surface area contributed by atoms with Gasteiger partial charge in [0.15, 0.2) is 5.78 Å². The maximum atomic E-state index is 10.9. The smallest absolute Gasteiger partial charge is 0.208 e. The number of hydrogen-bond donors (Lipinski definition) is 0. The van der Waals surface area contributed by atoms with Crippen LogP contribution in [0.15, 0.2) is 24.3 Å². The average molecular weight is 308 g/mol. The zero-order valence-corrected chi connectivity index (χ0v) is 10.2. The molecule has 0 radical (unpaired) electrons. The third-order valence-corrected chi connectivity index (χ3v) is 2.65. The van der Waals surface area contributed by atoms with Gasteiger partial charge in [0.05, 0.1) is 6.61 Å². The second-order valence-corrected chi connectivity index (χ2v) is 3.96. The summed E-state index contributed by atoms with van der Waals surface area (Å²) in [7, 11) is 1.56. The van der Waals surface area contributed by atoms with E-state index in [9.17, 15) is 4.79 Å². The Morgan fingerprint density at radius 1 is 1.43 bits per heavy atom. The minimum Gasteiger partial charge on any atom is -0.346 e. The van der Waals surface area contributed by atoms with Crippen molar-refractivity contribution in [1.82, 2.24) is 0 Å². The standard InChI is InChI=1S/C10H13IO3/c1-13-10(14-8-2-7-11)5-3-9(12)4-6-10/h3-6H,2,7-8H2,1H3. The van der Waals surface area contributed by atoms with E-state index in [1.54, 1.807) is 19.3 Å². The van der Waals surface area contributed by atoms with Gasteiger partial charge >= 0.3 is 0 Å². The number of carbonyl (C=O) groups excluding carboxylic acids is 1. The van der Waals surface area contributed by atoms with E-state index in [4.69, 9.17) is 9.47 Å². The van der Waals surface area contributed by atoms with Crippen LogP contribution in [0, 0.1) is 0 Å². The number of halogens is 1. The average Bonchev–Trinajstić information content (AvgIpc) is 2.22. The first-order valence-electron chi connectivity index (χ1n) is 4.40. The van der Waals surface area contributed by atoms with E-state index in [1.165, 1.54) is 12.2 Å². The molecule has 1 aliphatic carbocycles. The summed E-state index contributed by atoms with van der Waals surface area (Å²) in [5, 5.41) is 0. The molecule has 0 N–H and O–H groups in total. The van der Waals surface area contributed by atoms with Crippen molar-refractivity contribution >= 4 is 28.4 Å². The summed E-state index contributed by atoms with van der Waals surface area (Å²) in [6.45, 7) is 0.625. The maximum absolute atomic E-state index is 10.9. The molecule has 78 valence electrons. The molecular formula is C10H13IO3. The van der Waals surface area contributed by atoms with E-state index >= 15 is 0 Å². The molecule has 1 aliphatic rings. The van der Waals surface area contributed by atoms with Crippen molar-refractivity contribution in [2.75, 3.05) is 18.1 Å². The molecule has 4 heteroatoms. The van der Waals surface area contributed by atoms with Gasteiger partial charge < -0.3 is 9.47 Å². The number of ketones is 1. The molecule has 0 aromatic heterocycles. The van der Waals surface area contributed by atoms with Crippen molar-refractivity contribution in [2.24, 2.45) is 0 Å². The van der Waals surface area contributed by atoms with Gasteiger partial charge in [-0.3, -0.25) is 4.79 Å². The first kappa shape index (κ1) is 11.9. The third-order valence-electron chi connectivity index (χ3n) is 1.88. The predicted molar refractivity (Wildman–Crippen MR) is 62.5 cm³/mol. The van der Waals surface area contributed by atoms with Crippen molar-refractivity contribution in [3.63, 3.8) is 0 Å². The second kappa shape index (κ2) is 5.63. The molecule has 0 aromatic carbocycles. The van der Waals surface area contributed by atoms with Crippen LogP contribution >= 0.6 is 22.6 Å². The van der Waals surface area contributed by atoms with Crippen LogP contribution in [-0.2, 0) is 14.3 Å². The summed E-state index contributed by atoms with van der Waals surface area (Å²) in [5.41, 5.74) is 0. The normalized spacial score (nSPS) is 18.9. The molecule has 0 heterocycles. The maximum Gasteiger partial charge on any atom is 0.208 e. The van der Waals surface area contributed by atoms with Gasteiger partial charge in [-0.2, -0.15) is 0 Å². The van der Waals surface area contributed by atoms with E-state index in [-0.39, 0.29) is 5.78 Å². The molecule has 0 unspecified atom stereocenters. The summed E-state index contributed by atoms with van der Waals surface area (Å²) < 4.78 is 11.8. The molecule has 14 heavy (non-hydrogen) atoms. The fourth-order valence-corrected chi connectivity index (χ4v) is 1.40.